The van der Waals surface area contributed by atoms with E-state index in [9.17, 15) is 0 Å². The number of hydrogen-bond acceptors (Lipinski definition) is 4. The third kappa shape index (κ3) is 5.73. The Labute approximate surface area is 152 Å². The maximum atomic E-state index is 5.27. The van der Waals surface area contributed by atoms with Crippen LogP contribution >= 0.6 is 0 Å². The van der Waals surface area contributed by atoms with Gasteiger partial charge in [-0.15, -0.1) is 0 Å². The van der Waals surface area contributed by atoms with E-state index in [1.54, 1.807) is 0 Å². The third-order valence-electron chi connectivity index (χ3n) is 5.24. The maximum Gasteiger partial charge on any atom is 0.190 e. The Morgan fingerprint density at radius 2 is 2.16 bits per heavy atom. The molecule has 2 N–H and O–H groups in total. The summed E-state index contributed by atoms with van der Waals surface area (Å²) in [6.07, 6.45) is 5.22. The van der Waals surface area contributed by atoms with Crippen LogP contribution in [0.25, 0.3) is 0 Å². The van der Waals surface area contributed by atoms with Crippen LogP contribution in [0.15, 0.2) is 9.52 Å². The number of guanidine groups is 1. The lowest BCUT2D eigenvalue weighted by Gasteiger charge is -2.33. The fraction of sp³-hybridized carbons (Fsp3) is 0.789. The van der Waals surface area contributed by atoms with Crippen LogP contribution in [-0.2, 0) is 0 Å². The van der Waals surface area contributed by atoms with Crippen molar-refractivity contribution < 1.29 is 4.52 Å². The average molecular weight is 350 g/mol. The highest BCUT2D eigenvalue weighted by molar-refractivity contribution is 5.79. The molecule has 1 aliphatic rings. The van der Waals surface area contributed by atoms with E-state index in [0.29, 0.717) is 5.92 Å². The van der Waals surface area contributed by atoms with Crippen molar-refractivity contribution in [3.8, 4) is 0 Å². The van der Waals surface area contributed by atoms with Gasteiger partial charge in [-0.3, -0.25) is 4.99 Å². The Bertz CT molecular complexity index is 535. The number of nitrogens with zero attached hydrogens (tertiary/aromatic N) is 3. The standard InChI is InChI=1S/C19H35N5O/c1-14(18-16(3)23-25-17(18)4)13-22-19(20-5)21-10-8-12-24-11-7-6-9-15(24)2/h14-15H,6-13H2,1-5H3,(H2,20,21,22). The summed E-state index contributed by atoms with van der Waals surface area (Å²) in [5.41, 5.74) is 2.17. The number of piperidine rings is 1. The second kappa shape index (κ2) is 9.80. The van der Waals surface area contributed by atoms with Crippen molar-refractivity contribution in [3.63, 3.8) is 0 Å². The molecule has 142 valence electrons. The highest BCUT2D eigenvalue weighted by atomic mass is 16.5. The summed E-state index contributed by atoms with van der Waals surface area (Å²) in [6, 6.07) is 0.738. The zero-order valence-corrected chi connectivity index (χ0v) is 16.6. The maximum absolute atomic E-state index is 5.27. The van der Waals surface area contributed by atoms with E-state index in [2.05, 4.69) is 39.5 Å². The van der Waals surface area contributed by atoms with Crippen LogP contribution in [0, 0.1) is 13.8 Å². The fourth-order valence-corrected chi connectivity index (χ4v) is 3.74. The van der Waals surface area contributed by atoms with Crippen LogP contribution in [0.3, 0.4) is 0 Å². The number of aromatic nitrogens is 1. The van der Waals surface area contributed by atoms with Gasteiger partial charge in [0.2, 0.25) is 0 Å². The molecule has 1 aromatic heterocycles. The van der Waals surface area contributed by atoms with Crippen LogP contribution in [0.1, 0.15) is 62.5 Å². The third-order valence-corrected chi connectivity index (χ3v) is 5.24. The Morgan fingerprint density at radius 3 is 2.80 bits per heavy atom. The zero-order chi connectivity index (χ0) is 18.2. The predicted octanol–water partition coefficient (Wildman–Crippen LogP) is 2.82. The van der Waals surface area contributed by atoms with E-state index >= 15 is 0 Å². The quantitative estimate of drug-likeness (QED) is 0.450. The smallest absolute Gasteiger partial charge is 0.190 e. The second-order valence-corrected chi connectivity index (χ2v) is 7.25. The molecule has 2 heterocycles. The topological polar surface area (TPSA) is 65.7 Å². The van der Waals surface area contributed by atoms with E-state index < -0.39 is 0 Å². The zero-order valence-electron chi connectivity index (χ0n) is 16.6. The lowest BCUT2D eigenvalue weighted by atomic mass is 10.00. The molecular weight excluding hydrogens is 314 g/mol. The largest absolute Gasteiger partial charge is 0.361 e. The van der Waals surface area contributed by atoms with Gasteiger partial charge in [0.25, 0.3) is 0 Å². The van der Waals surface area contributed by atoms with Gasteiger partial charge < -0.3 is 20.1 Å². The summed E-state index contributed by atoms with van der Waals surface area (Å²) < 4.78 is 5.27. The first-order valence-corrected chi connectivity index (χ1v) is 9.64. The summed E-state index contributed by atoms with van der Waals surface area (Å²) in [7, 11) is 1.82. The summed E-state index contributed by atoms with van der Waals surface area (Å²) in [5.74, 6) is 2.11. The molecule has 6 heteroatoms. The Kier molecular flexibility index (Phi) is 7.75. The Balaban J connectivity index is 1.68. The van der Waals surface area contributed by atoms with E-state index in [4.69, 9.17) is 4.52 Å². The Hall–Kier alpha value is -1.56. The van der Waals surface area contributed by atoms with Crippen LogP contribution in [0.5, 0.6) is 0 Å². The van der Waals surface area contributed by atoms with Crippen molar-refractivity contribution in [2.24, 2.45) is 4.99 Å². The molecule has 1 aliphatic heterocycles. The molecule has 0 bridgehead atoms. The number of rotatable bonds is 7. The van der Waals surface area contributed by atoms with Crippen LogP contribution in [0.2, 0.25) is 0 Å². The average Bonchev–Trinajstić information content (AvgIpc) is 2.94. The second-order valence-electron chi connectivity index (χ2n) is 7.25. The molecule has 2 unspecified atom stereocenters. The van der Waals surface area contributed by atoms with Crippen molar-refractivity contribution in [1.82, 2.24) is 20.7 Å². The molecule has 2 atom stereocenters. The normalized spacial score (nSPS) is 20.5. The molecule has 0 radical (unpaired) electrons. The number of likely N-dealkylation sites (tertiary alicyclic amines) is 1. The van der Waals surface area contributed by atoms with E-state index in [1.807, 2.05) is 20.9 Å². The highest BCUT2D eigenvalue weighted by Crippen LogP contribution is 2.22. The fourth-order valence-electron chi connectivity index (χ4n) is 3.74. The molecule has 0 amide bonds. The molecular formula is C19H35N5O. The summed E-state index contributed by atoms with van der Waals surface area (Å²) >= 11 is 0. The van der Waals surface area contributed by atoms with Gasteiger partial charge in [-0.25, -0.2) is 0 Å². The molecule has 0 spiro atoms. The van der Waals surface area contributed by atoms with Crippen molar-refractivity contribution in [2.75, 3.05) is 33.2 Å². The van der Waals surface area contributed by atoms with Gasteiger partial charge in [0, 0.05) is 44.2 Å². The predicted molar refractivity (Wildman–Crippen MR) is 103 cm³/mol. The minimum Gasteiger partial charge on any atom is -0.361 e. The van der Waals surface area contributed by atoms with Crippen molar-refractivity contribution in [3.05, 3.63) is 17.0 Å². The molecule has 1 fully saturated rings. The molecule has 0 aromatic carbocycles. The number of nitrogens with one attached hydrogen (secondary N) is 2. The number of aliphatic imine (C=N–C) groups is 1. The van der Waals surface area contributed by atoms with E-state index in [1.165, 1.54) is 37.9 Å². The molecule has 1 aromatic rings. The van der Waals surface area contributed by atoms with Gasteiger partial charge in [-0.2, -0.15) is 0 Å². The minimum atomic E-state index is 0.332. The number of hydrogen-bond donors (Lipinski definition) is 2. The summed E-state index contributed by atoms with van der Waals surface area (Å²) in [5, 5.41) is 10.9. The first-order chi connectivity index (χ1) is 12.0. The Morgan fingerprint density at radius 1 is 1.36 bits per heavy atom. The van der Waals surface area contributed by atoms with Gasteiger partial charge in [-0.1, -0.05) is 18.5 Å². The van der Waals surface area contributed by atoms with Crippen LogP contribution in [-0.4, -0.2) is 55.3 Å². The molecule has 1 saturated heterocycles. The molecule has 0 saturated carbocycles. The minimum absolute atomic E-state index is 0.332. The van der Waals surface area contributed by atoms with Crippen LogP contribution < -0.4 is 10.6 Å². The summed E-state index contributed by atoms with van der Waals surface area (Å²) in [4.78, 5) is 6.94. The van der Waals surface area contributed by atoms with Crippen molar-refractivity contribution in [2.45, 2.75) is 65.3 Å². The van der Waals surface area contributed by atoms with Gasteiger partial charge in [0.15, 0.2) is 5.96 Å². The first-order valence-electron chi connectivity index (χ1n) is 9.64. The highest BCUT2D eigenvalue weighted by Gasteiger charge is 2.18. The van der Waals surface area contributed by atoms with Crippen molar-refractivity contribution >= 4 is 5.96 Å². The monoisotopic (exact) mass is 349 g/mol. The van der Waals surface area contributed by atoms with Gasteiger partial charge >= 0.3 is 0 Å². The SMILES string of the molecule is CN=C(NCCCN1CCCCC1C)NCC(C)c1c(C)noc1C. The lowest BCUT2D eigenvalue weighted by Crippen LogP contribution is -2.42. The molecule has 2 rings (SSSR count). The molecule has 0 aliphatic carbocycles. The van der Waals surface area contributed by atoms with Gasteiger partial charge in [0.05, 0.1) is 5.69 Å². The summed E-state index contributed by atoms with van der Waals surface area (Å²) in [6.45, 7) is 12.7. The van der Waals surface area contributed by atoms with Crippen LogP contribution in [0.4, 0.5) is 0 Å². The first kappa shape index (κ1) is 19.8. The number of aryl methyl sites for hydroxylation is 2. The van der Waals surface area contributed by atoms with E-state index in [-0.39, 0.29) is 0 Å². The molecule has 6 nitrogen and oxygen atoms in total. The lowest BCUT2D eigenvalue weighted by molar-refractivity contribution is 0.159. The molecule has 25 heavy (non-hydrogen) atoms. The van der Waals surface area contributed by atoms with E-state index in [0.717, 1.165) is 43.0 Å². The van der Waals surface area contributed by atoms with Crippen molar-refractivity contribution in [1.29, 1.82) is 0 Å². The van der Waals surface area contributed by atoms with Gasteiger partial charge in [-0.05, 0) is 46.6 Å². The van der Waals surface area contributed by atoms with Gasteiger partial charge in [0.1, 0.15) is 5.76 Å².